The minimum Gasteiger partial charge on any atom is -0.355 e. The molecule has 1 fully saturated rings. The summed E-state index contributed by atoms with van der Waals surface area (Å²) in [6.45, 7) is 3.46. The molecule has 0 amide bonds. The molecule has 1 saturated heterocycles. The fourth-order valence-corrected chi connectivity index (χ4v) is 4.03. The van der Waals surface area contributed by atoms with Crippen molar-refractivity contribution >= 4 is 15.8 Å². The minimum absolute atomic E-state index is 0.110. The molecule has 19 heavy (non-hydrogen) atoms. The first kappa shape index (κ1) is 14.2. The number of hydrogen-bond acceptors (Lipinski definition) is 6. The average Bonchev–Trinajstić information content (AvgIpc) is 2.73. The van der Waals surface area contributed by atoms with Crippen LogP contribution in [-0.2, 0) is 16.4 Å². The first-order valence-electron chi connectivity index (χ1n) is 6.45. The fraction of sp³-hybridized carbons (Fsp3) is 0.667. The molecule has 1 aromatic heterocycles. The van der Waals surface area contributed by atoms with Crippen LogP contribution in [-0.4, -0.2) is 54.4 Å². The van der Waals surface area contributed by atoms with Gasteiger partial charge in [0.1, 0.15) is 0 Å². The summed E-state index contributed by atoms with van der Waals surface area (Å²) in [5.74, 6) is 1.19. The smallest absolute Gasteiger partial charge is 0.222 e. The molecule has 0 aliphatic carbocycles. The van der Waals surface area contributed by atoms with Crippen molar-refractivity contribution in [3.05, 3.63) is 18.0 Å². The zero-order valence-corrected chi connectivity index (χ0v) is 12.2. The van der Waals surface area contributed by atoms with Gasteiger partial charge in [-0.25, -0.2) is 18.4 Å². The summed E-state index contributed by atoms with van der Waals surface area (Å²) >= 11 is 0. The maximum atomic E-state index is 11.5. The van der Waals surface area contributed by atoms with Crippen molar-refractivity contribution in [3.63, 3.8) is 0 Å². The Hall–Kier alpha value is -1.21. The lowest BCUT2D eigenvalue weighted by atomic mass is 10.2. The lowest BCUT2D eigenvalue weighted by Gasteiger charge is -2.22. The topological polar surface area (TPSA) is 75.2 Å². The standard InChI is InChI=1S/C12H20N4O2S/c1-3-13-12-14-6-10(7-15-12)8-16(2)11-4-5-19(17,18)9-11/h6-7,11H,3-5,8-9H2,1-2H3,(H,13,14,15). The van der Waals surface area contributed by atoms with E-state index in [0.29, 0.717) is 18.2 Å². The van der Waals surface area contributed by atoms with E-state index in [1.54, 1.807) is 12.4 Å². The van der Waals surface area contributed by atoms with E-state index in [-0.39, 0.29) is 11.8 Å². The molecular formula is C12H20N4O2S. The van der Waals surface area contributed by atoms with Crippen LogP contribution >= 0.6 is 0 Å². The van der Waals surface area contributed by atoms with Gasteiger partial charge in [-0.1, -0.05) is 0 Å². The van der Waals surface area contributed by atoms with Crippen LogP contribution in [0, 0.1) is 0 Å². The van der Waals surface area contributed by atoms with Gasteiger partial charge in [0, 0.05) is 37.1 Å². The second-order valence-corrected chi connectivity index (χ2v) is 7.15. The summed E-state index contributed by atoms with van der Waals surface area (Å²) in [5, 5.41) is 3.04. The maximum absolute atomic E-state index is 11.5. The number of nitrogens with zero attached hydrogens (tertiary/aromatic N) is 3. The molecule has 1 unspecified atom stereocenters. The van der Waals surface area contributed by atoms with E-state index in [1.165, 1.54) is 0 Å². The fourth-order valence-electron chi connectivity index (χ4n) is 2.23. The van der Waals surface area contributed by atoms with E-state index in [9.17, 15) is 8.42 Å². The molecule has 1 N–H and O–H groups in total. The molecule has 106 valence electrons. The SMILES string of the molecule is CCNc1ncc(CN(C)C2CCS(=O)(=O)C2)cn1. The van der Waals surface area contributed by atoms with Gasteiger partial charge >= 0.3 is 0 Å². The average molecular weight is 284 g/mol. The Morgan fingerprint density at radius 1 is 1.42 bits per heavy atom. The predicted octanol–water partition coefficient (Wildman–Crippen LogP) is 0.527. The molecule has 1 aromatic rings. The molecule has 0 radical (unpaired) electrons. The van der Waals surface area contributed by atoms with Crippen LogP contribution in [0.25, 0.3) is 0 Å². The summed E-state index contributed by atoms with van der Waals surface area (Å²) in [5.41, 5.74) is 0.994. The Balaban J connectivity index is 1.93. The second kappa shape index (κ2) is 5.83. The summed E-state index contributed by atoms with van der Waals surface area (Å²) in [6, 6.07) is 0.110. The van der Waals surface area contributed by atoms with Crippen molar-refractivity contribution < 1.29 is 8.42 Å². The molecule has 2 heterocycles. The third-order valence-electron chi connectivity index (χ3n) is 3.30. The quantitative estimate of drug-likeness (QED) is 0.850. The summed E-state index contributed by atoms with van der Waals surface area (Å²) in [6.07, 6.45) is 4.28. The molecule has 0 spiro atoms. The molecule has 1 aliphatic rings. The Labute approximate surface area is 114 Å². The van der Waals surface area contributed by atoms with Gasteiger partial charge in [-0.05, 0) is 20.4 Å². The zero-order chi connectivity index (χ0) is 13.9. The monoisotopic (exact) mass is 284 g/mol. The van der Waals surface area contributed by atoms with Crippen LogP contribution in [0.2, 0.25) is 0 Å². The molecule has 1 aliphatic heterocycles. The lowest BCUT2D eigenvalue weighted by molar-refractivity contribution is 0.253. The molecule has 0 bridgehead atoms. The van der Waals surface area contributed by atoms with Crippen molar-refractivity contribution in [2.75, 3.05) is 30.4 Å². The molecule has 6 nitrogen and oxygen atoms in total. The molecule has 7 heteroatoms. The van der Waals surface area contributed by atoms with Crippen LogP contribution < -0.4 is 5.32 Å². The van der Waals surface area contributed by atoms with Crippen molar-refractivity contribution in [1.82, 2.24) is 14.9 Å². The van der Waals surface area contributed by atoms with Gasteiger partial charge in [0.2, 0.25) is 5.95 Å². The Morgan fingerprint density at radius 3 is 2.63 bits per heavy atom. The van der Waals surface area contributed by atoms with E-state index < -0.39 is 9.84 Å². The molecule has 0 aromatic carbocycles. The second-order valence-electron chi connectivity index (χ2n) is 4.92. The van der Waals surface area contributed by atoms with Gasteiger partial charge < -0.3 is 5.32 Å². The highest BCUT2D eigenvalue weighted by Gasteiger charge is 2.30. The third-order valence-corrected chi connectivity index (χ3v) is 5.05. The highest BCUT2D eigenvalue weighted by molar-refractivity contribution is 7.91. The van der Waals surface area contributed by atoms with Gasteiger partial charge in [-0.2, -0.15) is 0 Å². The number of aromatic nitrogens is 2. The predicted molar refractivity (Wildman–Crippen MR) is 74.7 cm³/mol. The Bertz CT molecular complexity index is 515. The minimum atomic E-state index is -2.83. The summed E-state index contributed by atoms with van der Waals surface area (Å²) < 4.78 is 22.9. The summed E-state index contributed by atoms with van der Waals surface area (Å²) in [4.78, 5) is 10.5. The lowest BCUT2D eigenvalue weighted by Crippen LogP contribution is -2.32. The first-order valence-corrected chi connectivity index (χ1v) is 8.28. The van der Waals surface area contributed by atoms with Gasteiger partial charge in [-0.15, -0.1) is 0 Å². The largest absolute Gasteiger partial charge is 0.355 e. The van der Waals surface area contributed by atoms with Crippen LogP contribution in [0.4, 0.5) is 5.95 Å². The van der Waals surface area contributed by atoms with E-state index in [2.05, 4.69) is 20.2 Å². The molecule has 2 rings (SSSR count). The summed E-state index contributed by atoms with van der Waals surface area (Å²) in [7, 11) is -0.882. The number of anilines is 1. The van der Waals surface area contributed by atoms with E-state index in [4.69, 9.17) is 0 Å². The van der Waals surface area contributed by atoms with Crippen LogP contribution in [0.1, 0.15) is 18.9 Å². The van der Waals surface area contributed by atoms with E-state index in [1.807, 2.05) is 14.0 Å². The van der Waals surface area contributed by atoms with Crippen LogP contribution in [0.5, 0.6) is 0 Å². The molecule has 1 atom stereocenters. The highest BCUT2D eigenvalue weighted by Crippen LogP contribution is 2.18. The number of nitrogens with one attached hydrogen (secondary N) is 1. The molecular weight excluding hydrogens is 264 g/mol. The Morgan fingerprint density at radius 2 is 2.11 bits per heavy atom. The van der Waals surface area contributed by atoms with Crippen molar-refractivity contribution in [1.29, 1.82) is 0 Å². The van der Waals surface area contributed by atoms with E-state index >= 15 is 0 Å². The van der Waals surface area contributed by atoms with Gasteiger partial charge in [0.05, 0.1) is 11.5 Å². The van der Waals surface area contributed by atoms with Crippen molar-refractivity contribution in [2.24, 2.45) is 0 Å². The van der Waals surface area contributed by atoms with Crippen LogP contribution in [0.15, 0.2) is 12.4 Å². The zero-order valence-electron chi connectivity index (χ0n) is 11.3. The van der Waals surface area contributed by atoms with Gasteiger partial charge in [0.15, 0.2) is 9.84 Å². The van der Waals surface area contributed by atoms with Crippen molar-refractivity contribution in [3.8, 4) is 0 Å². The molecule has 0 saturated carbocycles. The Kier molecular flexibility index (Phi) is 4.36. The number of rotatable bonds is 5. The van der Waals surface area contributed by atoms with E-state index in [0.717, 1.165) is 18.5 Å². The highest BCUT2D eigenvalue weighted by atomic mass is 32.2. The maximum Gasteiger partial charge on any atom is 0.222 e. The van der Waals surface area contributed by atoms with Crippen molar-refractivity contribution in [2.45, 2.75) is 25.9 Å². The van der Waals surface area contributed by atoms with Gasteiger partial charge in [-0.3, -0.25) is 4.90 Å². The van der Waals surface area contributed by atoms with Crippen LogP contribution in [0.3, 0.4) is 0 Å². The normalized spacial score (nSPS) is 21.7. The first-order chi connectivity index (χ1) is 9.00. The number of sulfone groups is 1. The third kappa shape index (κ3) is 3.87. The van der Waals surface area contributed by atoms with Gasteiger partial charge in [0.25, 0.3) is 0 Å². The number of hydrogen-bond donors (Lipinski definition) is 1.